The summed E-state index contributed by atoms with van der Waals surface area (Å²) in [6, 6.07) is 7.17. The van der Waals surface area contributed by atoms with E-state index in [-0.39, 0.29) is 5.56 Å². The molecular weight excluding hydrogens is 370 g/mol. The summed E-state index contributed by atoms with van der Waals surface area (Å²) in [6.45, 7) is 3.07. The fraction of sp³-hybridized carbons (Fsp3) is 0.214. The highest BCUT2D eigenvalue weighted by atomic mass is 32.2. The van der Waals surface area contributed by atoms with Gasteiger partial charge in [-0.1, -0.05) is 12.1 Å². The number of hydrogen-bond donors (Lipinski definition) is 3. The van der Waals surface area contributed by atoms with Crippen LogP contribution in [0.25, 0.3) is 11.1 Å². The lowest BCUT2D eigenvalue weighted by Crippen LogP contribution is -2.24. The van der Waals surface area contributed by atoms with Gasteiger partial charge >= 0.3 is 16.2 Å². The highest BCUT2D eigenvalue weighted by Gasteiger charge is 2.23. The van der Waals surface area contributed by atoms with Crippen molar-refractivity contribution in [3.63, 3.8) is 0 Å². The molecule has 136 valence electrons. The van der Waals surface area contributed by atoms with Gasteiger partial charge in [0.15, 0.2) is 5.69 Å². The van der Waals surface area contributed by atoms with Crippen molar-refractivity contribution in [2.24, 2.45) is 5.14 Å². The van der Waals surface area contributed by atoms with Gasteiger partial charge in [0.25, 0.3) is 0 Å². The summed E-state index contributed by atoms with van der Waals surface area (Å²) in [7, 11) is -7.77. The zero-order valence-electron chi connectivity index (χ0n) is 13.4. The molecule has 4 N–H and O–H groups in total. The van der Waals surface area contributed by atoms with Gasteiger partial charge in [-0.2, -0.15) is 8.42 Å². The third-order valence-electron chi connectivity index (χ3n) is 3.41. The number of hydrogen-bond acceptors (Lipinski definition) is 5. The minimum Gasteiger partial charge on any atom is -0.477 e. The molecule has 2 rings (SSSR count). The van der Waals surface area contributed by atoms with E-state index in [9.17, 15) is 26.7 Å². The Bertz CT molecular complexity index is 1010. The van der Waals surface area contributed by atoms with E-state index >= 15 is 0 Å². The molecule has 0 spiro atoms. The zero-order valence-corrected chi connectivity index (χ0v) is 15.0. The summed E-state index contributed by atoms with van der Waals surface area (Å²) < 4.78 is 49.5. The third kappa shape index (κ3) is 4.00. The van der Waals surface area contributed by atoms with Gasteiger partial charge in [-0.25, -0.2) is 22.3 Å². The number of nitrogens with one attached hydrogen (secondary N) is 1. The summed E-state index contributed by atoms with van der Waals surface area (Å²) >= 11 is 0. The quantitative estimate of drug-likeness (QED) is 0.675. The van der Waals surface area contributed by atoms with E-state index < -0.39 is 37.1 Å². The average Bonchev–Trinajstić information content (AvgIpc) is 2.92. The van der Waals surface area contributed by atoms with Crippen LogP contribution < -0.4 is 9.86 Å². The van der Waals surface area contributed by atoms with Crippen molar-refractivity contribution < 1.29 is 26.7 Å². The molecule has 0 aliphatic rings. The molecule has 0 amide bonds. The van der Waals surface area contributed by atoms with E-state index in [0.717, 1.165) is 6.20 Å². The first kappa shape index (κ1) is 19.0. The Hall–Kier alpha value is -2.37. The van der Waals surface area contributed by atoms with Gasteiger partial charge in [-0.05, 0) is 37.6 Å². The summed E-state index contributed by atoms with van der Waals surface area (Å²) in [5.74, 6) is -1.46. The number of rotatable bonds is 6. The number of carbonyl (C=O) groups is 1. The summed E-state index contributed by atoms with van der Waals surface area (Å²) in [4.78, 5) is 11.4. The number of carboxylic acid groups (broad SMARTS) is 1. The third-order valence-corrected chi connectivity index (χ3v) is 6.02. The van der Waals surface area contributed by atoms with Crippen LogP contribution in [0.4, 0.5) is 5.69 Å². The van der Waals surface area contributed by atoms with Gasteiger partial charge in [0.1, 0.15) is 0 Å². The van der Waals surface area contributed by atoms with Gasteiger partial charge in [0, 0.05) is 17.4 Å². The van der Waals surface area contributed by atoms with Crippen molar-refractivity contribution in [3.05, 3.63) is 42.2 Å². The van der Waals surface area contributed by atoms with E-state index in [1.165, 1.54) is 44.2 Å². The van der Waals surface area contributed by atoms with Gasteiger partial charge in [0.2, 0.25) is 10.0 Å². The lowest BCUT2D eigenvalue weighted by molar-refractivity contribution is 0.0690. The number of aromatic carboxylic acids is 1. The lowest BCUT2D eigenvalue weighted by Gasteiger charge is -2.11. The van der Waals surface area contributed by atoms with E-state index in [1.54, 1.807) is 0 Å². The highest BCUT2D eigenvalue weighted by Crippen LogP contribution is 2.27. The molecular formula is C14H17N3O6S2. The minimum atomic E-state index is -4.26. The van der Waals surface area contributed by atoms with Crippen molar-refractivity contribution in [3.8, 4) is 11.1 Å². The van der Waals surface area contributed by atoms with Crippen molar-refractivity contribution in [2.75, 3.05) is 4.72 Å². The Labute approximate surface area is 145 Å². The van der Waals surface area contributed by atoms with Crippen molar-refractivity contribution in [1.82, 2.24) is 3.97 Å². The van der Waals surface area contributed by atoms with E-state index in [1.807, 2.05) is 0 Å². The van der Waals surface area contributed by atoms with Crippen LogP contribution in [0.15, 0.2) is 36.5 Å². The maximum absolute atomic E-state index is 11.8. The Morgan fingerprint density at radius 2 is 1.68 bits per heavy atom. The second kappa shape index (κ2) is 6.50. The molecule has 0 saturated heterocycles. The van der Waals surface area contributed by atoms with Crippen molar-refractivity contribution >= 4 is 31.9 Å². The SMILES string of the molecule is CC(C)S(=O)(=O)Nc1ccc(-c2ccn(S(N)(=O)=O)c2C(=O)O)cc1. The molecule has 0 saturated carbocycles. The van der Waals surface area contributed by atoms with Crippen LogP contribution in [0.2, 0.25) is 0 Å². The van der Waals surface area contributed by atoms with Crippen LogP contribution in [0.3, 0.4) is 0 Å². The monoisotopic (exact) mass is 387 g/mol. The maximum Gasteiger partial charge on any atom is 0.354 e. The first-order valence-corrected chi connectivity index (χ1v) is 10.1. The molecule has 0 aliphatic carbocycles. The van der Waals surface area contributed by atoms with Crippen LogP contribution in [0, 0.1) is 0 Å². The average molecular weight is 387 g/mol. The molecule has 0 bridgehead atoms. The molecule has 0 atom stereocenters. The van der Waals surface area contributed by atoms with E-state index in [2.05, 4.69) is 4.72 Å². The molecule has 25 heavy (non-hydrogen) atoms. The largest absolute Gasteiger partial charge is 0.477 e. The molecule has 0 aliphatic heterocycles. The van der Waals surface area contributed by atoms with Gasteiger partial charge < -0.3 is 5.11 Å². The number of carboxylic acids is 1. The van der Waals surface area contributed by atoms with Crippen LogP contribution >= 0.6 is 0 Å². The fourth-order valence-corrected chi connectivity index (χ4v) is 3.43. The number of anilines is 1. The molecule has 0 unspecified atom stereocenters. The predicted molar refractivity (Wildman–Crippen MR) is 93.0 cm³/mol. The lowest BCUT2D eigenvalue weighted by atomic mass is 10.1. The highest BCUT2D eigenvalue weighted by molar-refractivity contribution is 7.93. The van der Waals surface area contributed by atoms with E-state index in [0.29, 0.717) is 15.2 Å². The van der Waals surface area contributed by atoms with Gasteiger partial charge in [-0.3, -0.25) is 4.72 Å². The second-order valence-electron chi connectivity index (χ2n) is 5.50. The maximum atomic E-state index is 11.8. The van der Waals surface area contributed by atoms with Crippen LogP contribution in [-0.4, -0.2) is 37.1 Å². The Kier molecular flexibility index (Phi) is 4.93. The topological polar surface area (TPSA) is 149 Å². The number of sulfonamides is 1. The van der Waals surface area contributed by atoms with Gasteiger partial charge in [-0.15, -0.1) is 0 Å². The molecule has 0 radical (unpaired) electrons. The van der Waals surface area contributed by atoms with E-state index in [4.69, 9.17) is 5.14 Å². The van der Waals surface area contributed by atoms with Crippen LogP contribution in [0.1, 0.15) is 24.3 Å². The Balaban J connectivity index is 2.45. The number of nitrogens with zero attached hydrogens (tertiary/aromatic N) is 1. The number of nitrogens with two attached hydrogens (primary N) is 1. The second-order valence-corrected chi connectivity index (χ2v) is 9.16. The summed E-state index contributed by atoms with van der Waals surface area (Å²) in [6.07, 6.45) is 1.05. The summed E-state index contributed by atoms with van der Waals surface area (Å²) in [5, 5.41) is 13.7. The molecule has 0 fully saturated rings. The molecule has 1 heterocycles. The minimum absolute atomic E-state index is 0.139. The number of benzene rings is 1. The van der Waals surface area contributed by atoms with Crippen LogP contribution in [0.5, 0.6) is 0 Å². The molecule has 1 aromatic carbocycles. The number of aromatic nitrogens is 1. The Morgan fingerprint density at radius 3 is 2.12 bits per heavy atom. The predicted octanol–water partition coefficient (Wildman–Crippen LogP) is 1.06. The normalized spacial score (nSPS) is 12.3. The molecule has 2 aromatic rings. The Morgan fingerprint density at radius 1 is 1.12 bits per heavy atom. The standard InChI is InChI=1S/C14H17N3O6S2/c1-9(2)24(20,21)16-11-5-3-10(4-6-11)12-7-8-17(25(15,22)23)13(12)14(18)19/h3-9,16H,1-2H3,(H,18,19)(H2,15,22,23). The fourth-order valence-electron chi connectivity index (χ4n) is 2.07. The summed E-state index contributed by atoms with van der Waals surface area (Å²) in [5.41, 5.74) is 0.338. The first-order chi connectivity index (χ1) is 11.4. The molecule has 9 nitrogen and oxygen atoms in total. The molecule has 11 heteroatoms. The van der Waals surface area contributed by atoms with Gasteiger partial charge in [0.05, 0.1) is 5.25 Å². The van der Waals surface area contributed by atoms with Crippen LogP contribution in [-0.2, 0) is 20.2 Å². The molecule has 1 aromatic heterocycles. The smallest absolute Gasteiger partial charge is 0.354 e. The zero-order chi connectivity index (χ0) is 19.0. The van der Waals surface area contributed by atoms with Crippen molar-refractivity contribution in [2.45, 2.75) is 19.1 Å². The van der Waals surface area contributed by atoms with Crippen molar-refractivity contribution in [1.29, 1.82) is 0 Å². The first-order valence-electron chi connectivity index (χ1n) is 7.03.